The summed E-state index contributed by atoms with van der Waals surface area (Å²) >= 11 is 0. The van der Waals surface area contributed by atoms with Gasteiger partial charge in [-0.05, 0) is 38.1 Å². The van der Waals surface area contributed by atoms with Gasteiger partial charge in [-0.3, -0.25) is 4.79 Å². The van der Waals surface area contributed by atoms with E-state index in [2.05, 4.69) is 16.6 Å². The molecule has 1 aromatic carbocycles. The summed E-state index contributed by atoms with van der Waals surface area (Å²) in [4.78, 5) is 12.3. The predicted octanol–water partition coefficient (Wildman–Crippen LogP) is 1.98. The zero-order valence-corrected chi connectivity index (χ0v) is 11.7. The van der Waals surface area contributed by atoms with Crippen molar-refractivity contribution in [3.8, 4) is 12.3 Å². The second kappa shape index (κ2) is 8.34. The number of rotatable bonds is 7. The van der Waals surface area contributed by atoms with Gasteiger partial charge in [-0.15, -0.1) is 12.3 Å². The fourth-order valence-electron chi connectivity index (χ4n) is 1.92. The van der Waals surface area contributed by atoms with Crippen LogP contribution in [-0.4, -0.2) is 25.5 Å². The molecule has 0 fully saturated rings. The molecule has 2 N–H and O–H groups in total. The molecule has 0 radical (unpaired) electrons. The van der Waals surface area contributed by atoms with Gasteiger partial charge >= 0.3 is 0 Å². The highest BCUT2D eigenvalue weighted by atomic mass is 16.1. The van der Waals surface area contributed by atoms with Crippen molar-refractivity contribution in [2.45, 2.75) is 32.2 Å². The van der Waals surface area contributed by atoms with E-state index in [4.69, 9.17) is 6.42 Å². The summed E-state index contributed by atoms with van der Waals surface area (Å²) in [5, 5.41) is 6.10. The van der Waals surface area contributed by atoms with E-state index in [0.29, 0.717) is 6.42 Å². The molecule has 1 atom stereocenters. The van der Waals surface area contributed by atoms with E-state index in [1.54, 1.807) is 0 Å². The highest BCUT2D eigenvalue weighted by molar-refractivity contribution is 5.95. The van der Waals surface area contributed by atoms with Gasteiger partial charge in [0, 0.05) is 18.0 Å². The van der Waals surface area contributed by atoms with Crippen molar-refractivity contribution < 1.29 is 4.79 Å². The molecule has 3 heteroatoms. The Bertz CT molecular complexity index is 448. The molecule has 0 saturated carbocycles. The first-order valence-corrected chi connectivity index (χ1v) is 6.69. The van der Waals surface area contributed by atoms with E-state index in [1.165, 1.54) is 0 Å². The van der Waals surface area contributed by atoms with Crippen LogP contribution in [0.1, 0.15) is 35.7 Å². The fourth-order valence-corrected chi connectivity index (χ4v) is 1.92. The average Bonchev–Trinajstić information content (AvgIpc) is 2.44. The summed E-state index contributed by atoms with van der Waals surface area (Å²) in [7, 11) is 1.91. The van der Waals surface area contributed by atoms with E-state index >= 15 is 0 Å². The number of terminal acetylenes is 1. The van der Waals surface area contributed by atoms with Gasteiger partial charge in [0.1, 0.15) is 0 Å². The molecule has 0 saturated heterocycles. The van der Waals surface area contributed by atoms with Crippen molar-refractivity contribution in [3.05, 3.63) is 35.4 Å². The molecule has 1 rings (SSSR count). The van der Waals surface area contributed by atoms with E-state index in [1.807, 2.05) is 38.2 Å². The van der Waals surface area contributed by atoms with Gasteiger partial charge in [-0.2, -0.15) is 0 Å². The summed E-state index contributed by atoms with van der Waals surface area (Å²) in [6, 6.07) is 7.76. The molecule has 0 heterocycles. The lowest BCUT2D eigenvalue weighted by Crippen LogP contribution is -2.34. The van der Waals surface area contributed by atoms with Crippen LogP contribution in [-0.2, 0) is 6.42 Å². The summed E-state index contributed by atoms with van der Waals surface area (Å²) < 4.78 is 0. The van der Waals surface area contributed by atoms with Crippen LogP contribution in [0.15, 0.2) is 24.3 Å². The molecule has 3 nitrogen and oxygen atoms in total. The van der Waals surface area contributed by atoms with Gasteiger partial charge in [0.15, 0.2) is 0 Å². The number of hydrogen-bond donors (Lipinski definition) is 2. The summed E-state index contributed by atoms with van der Waals surface area (Å²) in [6.45, 7) is 2.88. The SMILES string of the molecule is C#CCC(CC)NC(=O)c1ccccc1CCNC. The van der Waals surface area contributed by atoms with Crippen molar-refractivity contribution in [1.82, 2.24) is 10.6 Å². The molecule has 1 aromatic rings. The Morgan fingerprint density at radius 1 is 1.42 bits per heavy atom. The van der Waals surface area contributed by atoms with Crippen molar-refractivity contribution in [2.75, 3.05) is 13.6 Å². The molecular formula is C16H22N2O. The molecule has 102 valence electrons. The quantitative estimate of drug-likeness (QED) is 0.734. The van der Waals surface area contributed by atoms with Gasteiger partial charge in [0.2, 0.25) is 0 Å². The van der Waals surface area contributed by atoms with Crippen LogP contribution in [0.4, 0.5) is 0 Å². The summed E-state index contributed by atoms with van der Waals surface area (Å²) in [5.41, 5.74) is 1.80. The Balaban J connectivity index is 2.78. The Hall–Kier alpha value is -1.79. The molecular weight excluding hydrogens is 236 g/mol. The molecule has 0 aliphatic heterocycles. The van der Waals surface area contributed by atoms with Gasteiger partial charge in [-0.25, -0.2) is 0 Å². The van der Waals surface area contributed by atoms with E-state index in [-0.39, 0.29) is 11.9 Å². The number of nitrogens with one attached hydrogen (secondary N) is 2. The number of benzene rings is 1. The Morgan fingerprint density at radius 3 is 2.79 bits per heavy atom. The standard InChI is InChI=1S/C16H22N2O/c1-4-8-14(5-2)18-16(19)15-10-7-6-9-13(15)11-12-17-3/h1,6-7,9-10,14,17H,5,8,11-12H2,2-3H3,(H,18,19). The topological polar surface area (TPSA) is 41.1 Å². The second-order valence-corrected chi connectivity index (χ2v) is 4.50. The highest BCUT2D eigenvalue weighted by Gasteiger charge is 2.14. The maximum atomic E-state index is 12.3. The molecule has 1 unspecified atom stereocenters. The van der Waals surface area contributed by atoms with Crippen molar-refractivity contribution in [2.24, 2.45) is 0 Å². The lowest BCUT2D eigenvalue weighted by atomic mass is 10.0. The largest absolute Gasteiger partial charge is 0.348 e. The highest BCUT2D eigenvalue weighted by Crippen LogP contribution is 2.10. The van der Waals surface area contributed by atoms with E-state index in [9.17, 15) is 4.79 Å². The number of carbonyl (C=O) groups is 1. The third-order valence-corrected chi connectivity index (χ3v) is 3.10. The first-order valence-electron chi connectivity index (χ1n) is 6.69. The normalized spacial score (nSPS) is 11.6. The van der Waals surface area contributed by atoms with E-state index < -0.39 is 0 Å². The summed E-state index contributed by atoms with van der Waals surface area (Å²) in [5.74, 6) is 2.57. The first-order chi connectivity index (χ1) is 9.22. The van der Waals surface area contributed by atoms with Crippen LogP contribution in [0.3, 0.4) is 0 Å². The van der Waals surface area contributed by atoms with Gasteiger partial charge < -0.3 is 10.6 Å². The van der Waals surface area contributed by atoms with Crippen LogP contribution in [0.5, 0.6) is 0 Å². The molecule has 1 amide bonds. The third-order valence-electron chi connectivity index (χ3n) is 3.10. The van der Waals surface area contributed by atoms with Crippen LogP contribution in [0, 0.1) is 12.3 Å². The van der Waals surface area contributed by atoms with Crippen LogP contribution >= 0.6 is 0 Å². The van der Waals surface area contributed by atoms with Gasteiger partial charge in [0.05, 0.1) is 0 Å². The lowest BCUT2D eigenvalue weighted by Gasteiger charge is -2.16. The zero-order valence-electron chi connectivity index (χ0n) is 11.7. The van der Waals surface area contributed by atoms with Crippen LogP contribution in [0.2, 0.25) is 0 Å². The maximum absolute atomic E-state index is 12.3. The molecule has 0 aliphatic carbocycles. The third kappa shape index (κ3) is 4.76. The predicted molar refractivity (Wildman–Crippen MR) is 79.1 cm³/mol. The Morgan fingerprint density at radius 2 is 2.16 bits per heavy atom. The Labute approximate surface area is 115 Å². The van der Waals surface area contributed by atoms with Crippen molar-refractivity contribution >= 4 is 5.91 Å². The monoisotopic (exact) mass is 258 g/mol. The summed E-state index contributed by atoms with van der Waals surface area (Å²) in [6.07, 6.45) is 7.56. The van der Waals surface area contributed by atoms with Gasteiger partial charge in [-0.1, -0.05) is 25.1 Å². The van der Waals surface area contributed by atoms with Crippen molar-refractivity contribution in [3.63, 3.8) is 0 Å². The molecule has 19 heavy (non-hydrogen) atoms. The molecule has 0 aromatic heterocycles. The minimum absolute atomic E-state index is 0.0335. The Kier molecular flexibility index (Phi) is 6.70. The minimum Gasteiger partial charge on any atom is -0.348 e. The molecule has 0 bridgehead atoms. The smallest absolute Gasteiger partial charge is 0.251 e. The van der Waals surface area contributed by atoms with Crippen LogP contribution < -0.4 is 10.6 Å². The van der Waals surface area contributed by atoms with Crippen molar-refractivity contribution in [1.29, 1.82) is 0 Å². The lowest BCUT2D eigenvalue weighted by molar-refractivity contribution is 0.0935. The van der Waals surface area contributed by atoms with Crippen LogP contribution in [0.25, 0.3) is 0 Å². The molecule has 0 spiro atoms. The number of hydrogen-bond acceptors (Lipinski definition) is 2. The van der Waals surface area contributed by atoms with Gasteiger partial charge in [0.25, 0.3) is 5.91 Å². The molecule has 0 aliphatic rings. The minimum atomic E-state index is -0.0335. The number of carbonyl (C=O) groups excluding carboxylic acids is 1. The average molecular weight is 258 g/mol. The zero-order chi connectivity index (χ0) is 14.1. The second-order valence-electron chi connectivity index (χ2n) is 4.50. The number of likely N-dealkylation sites (N-methyl/N-ethyl adjacent to an activating group) is 1. The fraction of sp³-hybridized carbons (Fsp3) is 0.438. The number of amides is 1. The van der Waals surface area contributed by atoms with E-state index in [0.717, 1.165) is 30.5 Å². The first kappa shape index (κ1) is 15.3. The maximum Gasteiger partial charge on any atom is 0.251 e.